The monoisotopic (exact) mass is 239 g/mol. The molecular formula is C14H19F2N. The standard InChI is InChI=1S/C14H19F2N/c1-10(2)11-3-5-12(6-4-11)13-7-8-17-9-14(13,15)16/h3-6,10,13,17H,7-9H2,1-2H3. The number of halogens is 2. The van der Waals surface area contributed by atoms with Gasteiger partial charge in [-0.05, 0) is 30.0 Å². The number of rotatable bonds is 2. The molecule has 1 unspecified atom stereocenters. The van der Waals surface area contributed by atoms with E-state index in [0.29, 0.717) is 18.9 Å². The highest BCUT2D eigenvalue weighted by molar-refractivity contribution is 5.29. The lowest BCUT2D eigenvalue weighted by Crippen LogP contribution is -2.44. The summed E-state index contributed by atoms with van der Waals surface area (Å²) in [4.78, 5) is 0. The first-order valence-electron chi connectivity index (χ1n) is 6.19. The molecule has 0 radical (unpaired) electrons. The van der Waals surface area contributed by atoms with Gasteiger partial charge >= 0.3 is 0 Å². The summed E-state index contributed by atoms with van der Waals surface area (Å²) in [7, 11) is 0. The molecule has 1 heterocycles. The van der Waals surface area contributed by atoms with Crippen molar-refractivity contribution in [2.24, 2.45) is 0 Å². The predicted molar refractivity (Wildman–Crippen MR) is 65.7 cm³/mol. The number of nitrogens with one attached hydrogen (secondary N) is 1. The minimum absolute atomic E-state index is 0.205. The van der Waals surface area contributed by atoms with Crippen molar-refractivity contribution in [1.82, 2.24) is 5.32 Å². The van der Waals surface area contributed by atoms with Gasteiger partial charge in [-0.25, -0.2) is 8.78 Å². The number of hydrogen-bond acceptors (Lipinski definition) is 1. The van der Waals surface area contributed by atoms with Crippen molar-refractivity contribution in [2.45, 2.75) is 38.0 Å². The molecule has 1 fully saturated rings. The number of hydrogen-bond donors (Lipinski definition) is 1. The van der Waals surface area contributed by atoms with Crippen molar-refractivity contribution in [1.29, 1.82) is 0 Å². The zero-order valence-corrected chi connectivity index (χ0v) is 10.3. The molecule has 1 atom stereocenters. The smallest absolute Gasteiger partial charge is 0.267 e. The number of alkyl halides is 2. The maximum absolute atomic E-state index is 13.8. The van der Waals surface area contributed by atoms with Crippen LogP contribution in [0.2, 0.25) is 0 Å². The molecule has 1 nitrogen and oxygen atoms in total. The Hall–Kier alpha value is -0.960. The van der Waals surface area contributed by atoms with E-state index in [2.05, 4.69) is 19.2 Å². The Morgan fingerprint density at radius 3 is 2.41 bits per heavy atom. The summed E-state index contributed by atoms with van der Waals surface area (Å²) in [5.74, 6) is -2.82. The first-order valence-corrected chi connectivity index (χ1v) is 6.19. The van der Waals surface area contributed by atoms with Crippen LogP contribution in [0.5, 0.6) is 0 Å². The molecule has 1 N–H and O–H groups in total. The summed E-state index contributed by atoms with van der Waals surface area (Å²) in [6, 6.07) is 7.66. The van der Waals surface area contributed by atoms with Gasteiger partial charge in [0.15, 0.2) is 0 Å². The van der Waals surface area contributed by atoms with E-state index >= 15 is 0 Å². The Bertz CT molecular complexity index is 370. The predicted octanol–water partition coefficient (Wildman–Crippen LogP) is 3.52. The second kappa shape index (κ2) is 4.73. The second-order valence-corrected chi connectivity index (χ2v) is 5.10. The Balaban J connectivity index is 2.21. The van der Waals surface area contributed by atoms with Gasteiger partial charge in [0, 0.05) is 0 Å². The lowest BCUT2D eigenvalue weighted by molar-refractivity contribution is -0.0420. The third-order valence-electron chi connectivity index (χ3n) is 3.49. The van der Waals surface area contributed by atoms with Gasteiger partial charge in [-0.3, -0.25) is 0 Å². The maximum atomic E-state index is 13.8. The molecule has 0 spiro atoms. The summed E-state index contributed by atoms with van der Waals surface area (Å²) in [5.41, 5.74) is 1.96. The molecule has 0 amide bonds. The van der Waals surface area contributed by atoms with Crippen LogP contribution in [0.15, 0.2) is 24.3 Å². The van der Waals surface area contributed by atoms with Gasteiger partial charge in [0.05, 0.1) is 12.5 Å². The first kappa shape index (κ1) is 12.5. The molecule has 0 saturated carbocycles. The van der Waals surface area contributed by atoms with Gasteiger partial charge in [-0.15, -0.1) is 0 Å². The molecule has 3 heteroatoms. The fourth-order valence-electron chi connectivity index (χ4n) is 2.36. The molecular weight excluding hydrogens is 220 g/mol. The summed E-state index contributed by atoms with van der Waals surface area (Å²) in [6.07, 6.45) is 0.508. The van der Waals surface area contributed by atoms with Crippen LogP contribution in [-0.4, -0.2) is 19.0 Å². The molecule has 0 aromatic heterocycles. The van der Waals surface area contributed by atoms with Crippen LogP contribution in [0, 0.1) is 0 Å². The van der Waals surface area contributed by atoms with Gasteiger partial charge in [-0.1, -0.05) is 38.1 Å². The average molecular weight is 239 g/mol. The van der Waals surface area contributed by atoms with E-state index in [4.69, 9.17) is 0 Å². The van der Waals surface area contributed by atoms with Crippen LogP contribution < -0.4 is 5.32 Å². The van der Waals surface area contributed by atoms with E-state index < -0.39 is 11.8 Å². The van der Waals surface area contributed by atoms with E-state index in [1.54, 1.807) is 0 Å². The topological polar surface area (TPSA) is 12.0 Å². The zero-order chi connectivity index (χ0) is 12.5. The molecule has 1 aromatic rings. The van der Waals surface area contributed by atoms with Crippen LogP contribution in [0.25, 0.3) is 0 Å². The molecule has 17 heavy (non-hydrogen) atoms. The van der Waals surface area contributed by atoms with Crippen LogP contribution in [0.1, 0.15) is 43.2 Å². The van der Waals surface area contributed by atoms with E-state index in [9.17, 15) is 8.78 Å². The highest BCUT2D eigenvalue weighted by Gasteiger charge is 2.42. The van der Waals surface area contributed by atoms with Gasteiger partial charge in [0.2, 0.25) is 0 Å². The third kappa shape index (κ3) is 2.65. The molecule has 1 saturated heterocycles. The molecule has 0 aliphatic carbocycles. The molecule has 1 aromatic carbocycles. The van der Waals surface area contributed by atoms with Gasteiger partial charge < -0.3 is 5.32 Å². The molecule has 0 bridgehead atoms. The van der Waals surface area contributed by atoms with Gasteiger partial charge in [0.25, 0.3) is 5.92 Å². The normalized spacial score (nSPS) is 23.9. The van der Waals surface area contributed by atoms with Crippen LogP contribution in [-0.2, 0) is 0 Å². The number of benzene rings is 1. The van der Waals surface area contributed by atoms with Crippen molar-refractivity contribution < 1.29 is 8.78 Å². The van der Waals surface area contributed by atoms with E-state index in [1.807, 2.05) is 24.3 Å². The molecule has 2 rings (SSSR count). The van der Waals surface area contributed by atoms with Crippen molar-refractivity contribution in [3.8, 4) is 0 Å². The summed E-state index contributed by atoms with van der Waals surface area (Å²) in [5, 5.41) is 2.75. The van der Waals surface area contributed by atoms with E-state index in [-0.39, 0.29) is 6.54 Å². The Morgan fingerprint density at radius 2 is 1.88 bits per heavy atom. The minimum atomic E-state index is -2.63. The Morgan fingerprint density at radius 1 is 1.24 bits per heavy atom. The second-order valence-electron chi connectivity index (χ2n) is 5.10. The highest BCUT2D eigenvalue weighted by atomic mass is 19.3. The van der Waals surface area contributed by atoms with Gasteiger partial charge in [0.1, 0.15) is 0 Å². The van der Waals surface area contributed by atoms with E-state index in [1.165, 1.54) is 5.56 Å². The lowest BCUT2D eigenvalue weighted by atomic mass is 9.86. The average Bonchev–Trinajstić information content (AvgIpc) is 2.28. The van der Waals surface area contributed by atoms with E-state index in [0.717, 1.165) is 5.56 Å². The Kier molecular flexibility index (Phi) is 3.48. The summed E-state index contributed by atoms with van der Waals surface area (Å²) >= 11 is 0. The van der Waals surface area contributed by atoms with Crippen molar-refractivity contribution in [2.75, 3.05) is 13.1 Å². The fraction of sp³-hybridized carbons (Fsp3) is 0.571. The highest BCUT2D eigenvalue weighted by Crippen LogP contribution is 2.38. The largest absolute Gasteiger partial charge is 0.311 e. The molecule has 1 aliphatic rings. The molecule has 1 aliphatic heterocycles. The van der Waals surface area contributed by atoms with Gasteiger partial charge in [-0.2, -0.15) is 0 Å². The Labute approximate surface area is 101 Å². The quantitative estimate of drug-likeness (QED) is 0.832. The van der Waals surface area contributed by atoms with Crippen molar-refractivity contribution in [3.05, 3.63) is 35.4 Å². The number of piperidine rings is 1. The molecule has 94 valence electrons. The zero-order valence-electron chi connectivity index (χ0n) is 10.3. The summed E-state index contributed by atoms with van der Waals surface area (Å²) in [6.45, 7) is 4.68. The minimum Gasteiger partial charge on any atom is -0.311 e. The lowest BCUT2D eigenvalue weighted by Gasteiger charge is -2.32. The van der Waals surface area contributed by atoms with Crippen molar-refractivity contribution in [3.63, 3.8) is 0 Å². The van der Waals surface area contributed by atoms with Crippen LogP contribution >= 0.6 is 0 Å². The fourth-order valence-corrected chi connectivity index (χ4v) is 2.36. The SMILES string of the molecule is CC(C)c1ccc(C2CCNCC2(F)F)cc1. The maximum Gasteiger partial charge on any atom is 0.267 e. The van der Waals surface area contributed by atoms with Crippen LogP contribution in [0.4, 0.5) is 8.78 Å². The third-order valence-corrected chi connectivity index (χ3v) is 3.49. The van der Waals surface area contributed by atoms with Crippen molar-refractivity contribution >= 4 is 0 Å². The summed E-state index contributed by atoms with van der Waals surface area (Å²) < 4.78 is 27.5. The first-order chi connectivity index (χ1) is 8.00. The van der Waals surface area contributed by atoms with Crippen LogP contribution in [0.3, 0.4) is 0 Å².